The second-order valence-electron chi connectivity index (χ2n) is 7.61. The highest BCUT2D eigenvalue weighted by Gasteiger charge is 2.14. The van der Waals surface area contributed by atoms with E-state index in [9.17, 15) is 4.79 Å². The predicted molar refractivity (Wildman–Crippen MR) is 121 cm³/mol. The van der Waals surface area contributed by atoms with Gasteiger partial charge in [-0.25, -0.2) is 0 Å². The third-order valence-electron chi connectivity index (χ3n) is 5.40. The van der Waals surface area contributed by atoms with Crippen molar-refractivity contribution in [2.24, 2.45) is 0 Å². The fraction of sp³-hybridized carbons (Fsp3) is 0.217. The van der Waals surface area contributed by atoms with E-state index >= 15 is 0 Å². The summed E-state index contributed by atoms with van der Waals surface area (Å²) in [5.74, 6) is 0.0252. The summed E-state index contributed by atoms with van der Waals surface area (Å²) in [4.78, 5) is 28.6. The first kappa shape index (κ1) is 19.6. The standard InChI is InChI=1S/C23H20N6OS/c1-29-6-3-15(4-7-29)20-10-16(2-5-24-20)22(30)11-19-9-17-8-18(23-28-27-14-31-23)12-26-21(17)13-25-19/h2-3,5,8-10,12-14H,4,6-7,11H2,1H3. The van der Waals surface area contributed by atoms with Crippen LogP contribution in [0.3, 0.4) is 0 Å². The Hall–Kier alpha value is -3.36. The number of likely N-dealkylation sites (N-methyl/N-ethyl adjacent to an activating group) is 1. The van der Waals surface area contributed by atoms with E-state index in [1.807, 2.05) is 18.2 Å². The third kappa shape index (κ3) is 4.26. The number of fused-ring (bicyclic) bond motifs is 1. The van der Waals surface area contributed by atoms with E-state index in [1.165, 1.54) is 16.9 Å². The molecule has 0 saturated heterocycles. The van der Waals surface area contributed by atoms with Gasteiger partial charge in [-0.1, -0.05) is 17.4 Å². The highest BCUT2D eigenvalue weighted by Crippen LogP contribution is 2.24. The van der Waals surface area contributed by atoms with Crippen molar-refractivity contribution in [2.75, 3.05) is 20.1 Å². The molecule has 5 heterocycles. The van der Waals surface area contributed by atoms with Crippen molar-refractivity contribution in [3.63, 3.8) is 0 Å². The number of Topliss-reactive ketones (excluding diaryl/α,β-unsaturated/α-hetero) is 1. The Kier molecular flexibility index (Phi) is 5.31. The second kappa shape index (κ2) is 8.41. The minimum atomic E-state index is 0.0252. The van der Waals surface area contributed by atoms with E-state index in [0.717, 1.165) is 46.7 Å². The first-order chi connectivity index (χ1) is 15.2. The number of ketones is 1. The van der Waals surface area contributed by atoms with E-state index in [-0.39, 0.29) is 12.2 Å². The lowest BCUT2D eigenvalue weighted by Gasteiger charge is -2.21. The minimum absolute atomic E-state index is 0.0252. The van der Waals surface area contributed by atoms with Crippen LogP contribution in [0, 0.1) is 0 Å². The second-order valence-corrected chi connectivity index (χ2v) is 8.44. The lowest BCUT2D eigenvalue weighted by molar-refractivity contribution is 0.0992. The van der Waals surface area contributed by atoms with Gasteiger partial charge in [0.25, 0.3) is 0 Å². The van der Waals surface area contributed by atoms with E-state index in [0.29, 0.717) is 11.3 Å². The number of hydrogen-bond acceptors (Lipinski definition) is 8. The molecule has 154 valence electrons. The number of carbonyl (C=O) groups is 1. The summed E-state index contributed by atoms with van der Waals surface area (Å²) in [7, 11) is 2.10. The summed E-state index contributed by atoms with van der Waals surface area (Å²) in [6, 6.07) is 7.61. The van der Waals surface area contributed by atoms with Crippen molar-refractivity contribution < 1.29 is 4.79 Å². The van der Waals surface area contributed by atoms with Crippen LogP contribution in [0.4, 0.5) is 0 Å². The molecular weight excluding hydrogens is 408 g/mol. The van der Waals surface area contributed by atoms with Gasteiger partial charge in [-0.05, 0) is 43.3 Å². The van der Waals surface area contributed by atoms with Gasteiger partial charge in [0.05, 0.1) is 23.8 Å². The molecule has 0 aliphatic carbocycles. The first-order valence-corrected chi connectivity index (χ1v) is 10.9. The molecule has 4 aromatic rings. The maximum absolute atomic E-state index is 13.0. The lowest BCUT2D eigenvalue weighted by Crippen LogP contribution is -2.23. The van der Waals surface area contributed by atoms with Crippen LogP contribution in [-0.4, -0.2) is 56.0 Å². The molecule has 4 aromatic heterocycles. The average molecular weight is 429 g/mol. The van der Waals surface area contributed by atoms with Crippen molar-refractivity contribution in [3.05, 3.63) is 71.4 Å². The zero-order valence-corrected chi connectivity index (χ0v) is 17.8. The van der Waals surface area contributed by atoms with Crippen LogP contribution in [0.15, 0.2) is 54.4 Å². The van der Waals surface area contributed by atoms with Crippen molar-refractivity contribution >= 4 is 33.6 Å². The summed E-state index contributed by atoms with van der Waals surface area (Å²) in [6.45, 7) is 1.91. The van der Waals surface area contributed by atoms with Crippen molar-refractivity contribution in [1.82, 2.24) is 30.0 Å². The number of pyridine rings is 3. The molecule has 1 aliphatic heterocycles. The molecule has 0 aromatic carbocycles. The van der Waals surface area contributed by atoms with Crippen molar-refractivity contribution in [3.8, 4) is 10.6 Å². The van der Waals surface area contributed by atoms with Gasteiger partial charge in [0.15, 0.2) is 5.78 Å². The normalized spacial score (nSPS) is 14.5. The zero-order chi connectivity index (χ0) is 21.2. The molecule has 0 N–H and O–H groups in total. The molecule has 7 nitrogen and oxygen atoms in total. The van der Waals surface area contributed by atoms with E-state index in [1.54, 1.807) is 30.2 Å². The van der Waals surface area contributed by atoms with Crippen LogP contribution in [0.5, 0.6) is 0 Å². The molecule has 5 rings (SSSR count). The molecule has 31 heavy (non-hydrogen) atoms. The van der Waals surface area contributed by atoms with Gasteiger partial charge in [-0.2, -0.15) is 0 Å². The van der Waals surface area contributed by atoms with Crippen LogP contribution in [0.25, 0.3) is 27.0 Å². The Balaban J connectivity index is 1.38. The summed E-state index contributed by atoms with van der Waals surface area (Å²) in [6.07, 6.45) is 8.55. The van der Waals surface area contributed by atoms with Gasteiger partial charge < -0.3 is 4.90 Å². The van der Waals surface area contributed by atoms with Crippen LogP contribution >= 0.6 is 11.3 Å². The Bertz CT molecular complexity index is 1280. The van der Waals surface area contributed by atoms with E-state index < -0.39 is 0 Å². The number of aromatic nitrogens is 5. The minimum Gasteiger partial charge on any atom is -0.302 e. The molecule has 8 heteroatoms. The first-order valence-electron chi connectivity index (χ1n) is 10.0. The van der Waals surface area contributed by atoms with Crippen LogP contribution < -0.4 is 0 Å². The highest BCUT2D eigenvalue weighted by molar-refractivity contribution is 7.12. The number of hydrogen-bond donors (Lipinski definition) is 0. The summed E-state index contributed by atoms with van der Waals surface area (Å²) < 4.78 is 0. The molecule has 0 bridgehead atoms. The average Bonchev–Trinajstić information content (AvgIpc) is 3.34. The van der Waals surface area contributed by atoms with Gasteiger partial charge in [-0.15, -0.1) is 10.2 Å². The molecule has 0 amide bonds. The predicted octanol–water partition coefficient (Wildman–Crippen LogP) is 3.69. The van der Waals surface area contributed by atoms with E-state index in [4.69, 9.17) is 0 Å². The van der Waals surface area contributed by atoms with Crippen LogP contribution in [0.2, 0.25) is 0 Å². The molecule has 1 aliphatic rings. The fourth-order valence-electron chi connectivity index (χ4n) is 3.64. The Morgan fingerprint density at radius 3 is 2.90 bits per heavy atom. The molecule has 0 atom stereocenters. The largest absolute Gasteiger partial charge is 0.302 e. The van der Waals surface area contributed by atoms with Crippen LogP contribution in [-0.2, 0) is 6.42 Å². The molecule has 0 saturated carbocycles. The molecule has 0 fully saturated rings. The monoisotopic (exact) mass is 428 g/mol. The van der Waals surface area contributed by atoms with E-state index in [2.05, 4.69) is 43.2 Å². The Morgan fingerprint density at radius 2 is 2.10 bits per heavy atom. The maximum Gasteiger partial charge on any atom is 0.168 e. The smallest absolute Gasteiger partial charge is 0.168 e. The fourth-order valence-corrected chi connectivity index (χ4v) is 4.17. The maximum atomic E-state index is 13.0. The number of rotatable bonds is 5. The molecule has 0 spiro atoms. The van der Waals surface area contributed by atoms with Gasteiger partial charge >= 0.3 is 0 Å². The summed E-state index contributed by atoms with van der Waals surface area (Å²) in [5.41, 5.74) is 6.84. The SMILES string of the molecule is CN1CC=C(c2cc(C(=O)Cc3cc4cc(-c5nncs5)cnc4cn3)ccn2)CC1. The zero-order valence-electron chi connectivity index (χ0n) is 17.0. The van der Waals surface area contributed by atoms with Crippen molar-refractivity contribution in [2.45, 2.75) is 12.8 Å². The lowest BCUT2D eigenvalue weighted by atomic mass is 10.0. The van der Waals surface area contributed by atoms with Gasteiger partial charge in [0.1, 0.15) is 10.5 Å². The van der Waals surface area contributed by atoms with Gasteiger partial charge in [0, 0.05) is 47.7 Å². The van der Waals surface area contributed by atoms with Crippen molar-refractivity contribution in [1.29, 1.82) is 0 Å². The van der Waals surface area contributed by atoms with Crippen LogP contribution in [0.1, 0.15) is 28.2 Å². The highest BCUT2D eigenvalue weighted by atomic mass is 32.1. The topological polar surface area (TPSA) is 84.8 Å². The summed E-state index contributed by atoms with van der Waals surface area (Å²) >= 11 is 1.46. The number of nitrogens with zero attached hydrogens (tertiary/aromatic N) is 6. The molecule has 0 unspecified atom stereocenters. The quantitative estimate of drug-likeness (QED) is 0.448. The number of carbonyl (C=O) groups excluding carboxylic acids is 1. The third-order valence-corrected chi connectivity index (χ3v) is 6.14. The Morgan fingerprint density at radius 1 is 1.16 bits per heavy atom. The van der Waals surface area contributed by atoms with Gasteiger partial charge in [-0.3, -0.25) is 19.7 Å². The molecule has 0 radical (unpaired) electrons. The van der Waals surface area contributed by atoms with Gasteiger partial charge in [0.2, 0.25) is 0 Å². The summed E-state index contributed by atoms with van der Waals surface area (Å²) in [5, 5.41) is 9.73. The molecular formula is C23H20N6OS. The Labute approximate surface area is 183 Å².